The van der Waals surface area contributed by atoms with Crippen molar-refractivity contribution in [2.45, 2.75) is 39.3 Å². The molecule has 0 bridgehead atoms. The summed E-state index contributed by atoms with van der Waals surface area (Å²) in [5.74, 6) is -1.04. The van der Waals surface area contributed by atoms with Gasteiger partial charge >= 0.3 is 12.0 Å². The Balaban J connectivity index is 2.57. The number of nitrogens with zero attached hydrogens (tertiary/aromatic N) is 1. The lowest BCUT2D eigenvalue weighted by Gasteiger charge is -2.35. The monoisotopic (exact) mass is 258 g/mol. The SMILES string of the molecule is CC(C)C(NC(=O)N1CCC(C)C(O)C1)C(=O)O. The van der Waals surface area contributed by atoms with E-state index in [1.807, 2.05) is 6.92 Å². The predicted molar refractivity (Wildman–Crippen MR) is 66.2 cm³/mol. The Bertz CT molecular complexity index is 319. The molecule has 0 aromatic heterocycles. The van der Waals surface area contributed by atoms with Gasteiger partial charge in [-0.1, -0.05) is 20.8 Å². The summed E-state index contributed by atoms with van der Waals surface area (Å²) in [6.45, 7) is 6.23. The van der Waals surface area contributed by atoms with Crippen LogP contribution in [0.25, 0.3) is 0 Å². The third kappa shape index (κ3) is 3.60. The molecule has 1 aliphatic heterocycles. The van der Waals surface area contributed by atoms with E-state index in [0.717, 1.165) is 6.42 Å². The largest absolute Gasteiger partial charge is 0.480 e. The molecular weight excluding hydrogens is 236 g/mol. The molecule has 0 aliphatic carbocycles. The number of aliphatic carboxylic acids is 1. The lowest BCUT2D eigenvalue weighted by molar-refractivity contribution is -0.140. The summed E-state index contributed by atoms with van der Waals surface area (Å²) >= 11 is 0. The van der Waals surface area contributed by atoms with E-state index >= 15 is 0 Å². The van der Waals surface area contributed by atoms with Crippen LogP contribution in [-0.2, 0) is 4.79 Å². The van der Waals surface area contributed by atoms with Gasteiger partial charge in [0.25, 0.3) is 0 Å². The van der Waals surface area contributed by atoms with Gasteiger partial charge in [-0.15, -0.1) is 0 Å². The minimum Gasteiger partial charge on any atom is -0.480 e. The van der Waals surface area contributed by atoms with Crippen LogP contribution in [0.2, 0.25) is 0 Å². The van der Waals surface area contributed by atoms with Gasteiger partial charge in [0.05, 0.1) is 6.10 Å². The summed E-state index contributed by atoms with van der Waals surface area (Å²) in [7, 11) is 0. The van der Waals surface area contributed by atoms with Crippen molar-refractivity contribution >= 4 is 12.0 Å². The number of aliphatic hydroxyl groups is 1. The number of rotatable bonds is 3. The first-order chi connectivity index (χ1) is 8.32. The van der Waals surface area contributed by atoms with Gasteiger partial charge < -0.3 is 20.4 Å². The summed E-state index contributed by atoms with van der Waals surface area (Å²) in [5, 5.41) is 21.2. The molecule has 0 radical (unpaired) electrons. The minimum absolute atomic E-state index is 0.175. The highest BCUT2D eigenvalue weighted by atomic mass is 16.4. The van der Waals surface area contributed by atoms with E-state index in [4.69, 9.17) is 5.11 Å². The third-order valence-electron chi connectivity index (χ3n) is 3.42. The van der Waals surface area contributed by atoms with Crippen LogP contribution in [0.3, 0.4) is 0 Å². The van der Waals surface area contributed by atoms with Crippen LogP contribution in [0, 0.1) is 11.8 Å². The van der Waals surface area contributed by atoms with Crippen molar-refractivity contribution in [3.8, 4) is 0 Å². The number of amides is 2. The molecule has 6 heteroatoms. The Morgan fingerprint density at radius 3 is 2.44 bits per heavy atom. The molecule has 6 nitrogen and oxygen atoms in total. The molecule has 3 atom stereocenters. The topological polar surface area (TPSA) is 89.9 Å². The number of hydrogen-bond donors (Lipinski definition) is 3. The minimum atomic E-state index is -1.04. The Morgan fingerprint density at radius 1 is 1.39 bits per heavy atom. The summed E-state index contributed by atoms with van der Waals surface area (Å²) in [5.41, 5.74) is 0. The molecule has 18 heavy (non-hydrogen) atoms. The molecule has 1 saturated heterocycles. The van der Waals surface area contributed by atoms with Gasteiger partial charge in [-0.2, -0.15) is 0 Å². The molecule has 1 aliphatic rings. The van der Waals surface area contributed by atoms with E-state index in [1.54, 1.807) is 13.8 Å². The molecule has 104 valence electrons. The Kier molecular flexibility index (Phi) is 4.95. The zero-order valence-electron chi connectivity index (χ0n) is 11.1. The van der Waals surface area contributed by atoms with E-state index in [2.05, 4.69) is 5.32 Å². The number of β-amino-alcohol motifs (C(OH)–C–C–N with tert-alkyl or cyclic N) is 1. The van der Waals surface area contributed by atoms with E-state index < -0.39 is 24.1 Å². The standard InChI is InChI=1S/C12H22N2O4/c1-7(2)10(11(16)17)13-12(18)14-5-4-8(3)9(15)6-14/h7-10,15H,4-6H2,1-3H3,(H,13,18)(H,16,17). The molecule has 0 spiro atoms. The molecule has 3 unspecified atom stereocenters. The van der Waals surface area contributed by atoms with Crippen LogP contribution >= 0.6 is 0 Å². The maximum absolute atomic E-state index is 11.9. The van der Waals surface area contributed by atoms with Crippen molar-refractivity contribution in [3.05, 3.63) is 0 Å². The number of nitrogens with one attached hydrogen (secondary N) is 1. The van der Waals surface area contributed by atoms with Crippen molar-refractivity contribution in [3.63, 3.8) is 0 Å². The second-order valence-electron chi connectivity index (χ2n) is 5.29. The second kappa shape index (κ2) is 6.04. The number of piperidine rings is 1. The average Bonchev–Trinajstić information content (AvgIpc) is 2.28. The number of carboxylic acid groups (broad SMARTS) is 1. The normalized spacial score (nSPS) is 25.9. The van der Waals surface area contributed by atoms with Crippen LogP contribution in [0.15, 0.2) is 0 Å². The van der Waals surface area contributed by atoms with Gasteiger partial charge in [0.2, 0.25) is 0 Å². The number of hydrogen-bond acceptors (Lipinski definition) is 3. The number of likely N-dealkylation sites (tertiary alicyclic amines) is 1. The Labute approximate surface area is 107 Å². The Hall–Kier alpha value is -1.30. The summed E-state index contributed by atoms with van der Waals surface area (Å²) in [6.07, 6.45) is 0.195. The lowest BCUT2D eigenvalue weighted by Crippen LogP contribution is -2.54. The number of carbonyl (C=O) groups is 2. The Morgan fingerprint density at radius 2 is 2.00 bits per heavy atom. The zero-order chi connectivity index (χ0) is 13.9. The van der Waals surface area contributed by atoms with Crippen LogP contribution in [0.5, 0.6) is 0 Å². The average molecular weight is 258 g/mol. The fourth-order valence-corrected chi connectivity index (χ4v) is 1.97. The third-order valence-corrected chi connectivity index (χ3v) is 3.42. The quantitative estimate of drug-likeness (QED) is 0.688. The van der Waals surface area contributed by atoms with E-state index in [1.165, 1.54) is 4.90 Å². The maximum atomic E-state index is 11.9. The van der Waals surface area contributed by atoms with Crippen LogP contribution in [-0.4, -0.2) is 52.3 Å². The highest BCUT2D eigenvalue weighted by molar-refractivity contribution is 5.82. The van der Waals surface area contributed by atoms with Crippen molar-refractivity contribution in [2.24, 2.45) is 11.8 Å². The fourth-order valence-electron chi connectivity index (χ4n) is 1.97. The van der Waals surface area contributed by atoms with Gasteiger partial charge in [0, 0.05) is 13.1 Å². The van der Waals surface area contributed by atoms with Crippen LogP contribution < -0.4 is 5.32 Å². The number of carboxylic acids is 1. The summed E-state index contributed by atoms with van der Waals surface area (Å²) in [4.78, 5) is 24.4. The maximum Gasteiger partial charge on any atom is 0.326 e. The highest BCUT2D eigenvalue weighted by Gasteiger charge is 2.30. The lowest BCUT2D eigenvalue weighted by atomic mass is 9.96. The summed E-state index contributed by atoms with van der Waals surface area (Å²) < 4.78 is 0. The molecule has 2 amide bonds. The molecule has 1 rings (SSSR count). The van der Waals surface area contributed by atoms with Crippen molar-refractivity contribution in [2.75, 3.05) is 13.1 Å². The molecule has 3 N–H and O–H groups in total. The first kappa shape index (κ1) is 14.8. The van der Waals surface area contributed by atoms with Crippen LogP contribution in [0.4, 0.5) is 4.79 Å². The van der Waals surface area contributed by atoms with Gasteiger partial charge in [-0.25, -0.2) is 9.59 Å². The van der Waals surface area contributed by atoms with E-state index in [9.17, 15) is 14.7 Å². The van der Waals surface area contributed by atoms with E-state index in [0.29, 0.717) is 6.54 Å². The molecule has 0 saturated carbocycles. The predicted octanol–water partition coefficient (Wildman–Crippen LogP) is 0.508. The molecular formula is C12H22N2O4. The number of aliphatic hydroxyl groups excluding tert-OH is 1. The number of carbonyl (C=O) groups excluding carboxylic acids is 1. The van der Waals surface area contributed by atoms with Gasteiger partial charge in [-0.3, -0.25) is 0 Å². The second-order valence-corrected chi connectivity index (χ2v) is 5.29. The number of urea groups is 1. The van der Waals surface area contributed by atoms with Crippen molar-refractivity contribution in [1.29, 1.82) is 0 Å². The van der Waals surface area contributed by atoms with Crippen molar-refractivity contribution < 1.29 is 19.8 Å². The first-order valence-electron chi connectivity index (χ1n) is 6.29. The molecule has 0 aromatic rings. The summed E-state index contributed by atoms with van der Waals surface area (Å²) in [6, 6.07) is -1.31. The van der Waals surface area contributed by atoms with Crippen LogP contribution in [0.1, 0.15) is 27.2 Å². The van der Waals surface area contributed by atoms with Gasteiger partial charge in [-0.05, 0) is 18.3 Å². The molecule has 1 heterocycles. The molecule has 1 fully saturated rings. The van der Waals surface area contributed by atoms with Gasteiger partial charge in [0.15, 0.2) is 0 Å². The molecule has 0 aromatic carbocycles. The highest BCUT2D eigenvalue weighted by Crippen LogP contribution is 2.17. The zero-order valence-corrected chi connectivity index (χ0v) is 11.1. The van der Waals surface area contributed by atoms with E-state index in [-0.39, 0.29) is 18.4 Å². The smallest absolute Gasteiger partial charge is 0.326 e. The fraction of sp³-hybridized carbons (Fsp3) is 0.833. The van der Waals surface area contributed by atoms with Gasteiger partial charge in [0.1, 0.15) is 6.04 Å². The first-order valence-corrected chi connectivity index (χ1v) is 6.29. The van der Waals surface area contributed by atoms with Crippen molar-refractivity contribution in [1.82, 2.24) is 10.2 Å².